The summed E-state index contributed by atoms with van der Waals surface area (Å²) in [6.45, 7) is 18.8. The van der Waals surface area contributed by atoms with Crippen LogP contribution < -0.4 is 10.6 Å². The maximum Gasteiger partial charge on any atom is 0.170 e. The second-order valence-electron chi connectivity index (χ2n) is 6.97. The van der Waals surface area contributed by atoms with Crippen molar-refractivity contribution in [2.24, 2.45) is 10.9 Å². The van der Waals surface area contributed by atoms with Crippen LogP contribution in [0.4, 0.5) is 0 Å². The lowest BCUT2D eigenvalue weighted by Gasteiger charge is -2.12. The highest BCUT2D eigenvalue weighted by Crippen LogP contribution is 2.14. The predicted molar refractivity (Wildman–Crippen MR) is 132 cm³/mol. The quantitative estimate of drug-likeness (QED) is 0.181. The van der Waals surface area contributed by atoms with Gasteiger partial charge >= 0.3 is 0 Å². The maximum absolute atomic E-state index is 4.52. The van der Waals surface area contributed by atoms with Gasteiger partial charge in [-0.2, -0.15) is 0 Å². The summed E-state index contributed by atoms with van der Waals surface area (Å²) < 4.78 is 0. The van der Waals surface area contributed by atoms with Crippen LogP contribution in [0, 0.1) is 5.92 Å². The Morgan fingerprint density at radius 1 is 1.33 bits per heavy atom. The number of nitrogens with zero attached hydrogens (tertiary/aromatic N) is 3. The molecular weight excluding hydrogens is 390 g/mol. The Morgan fingerprint density at radius 3 is 2.77 bits per heavy atom. The van der Waals surface area contributed by atoms with E-state index in [0.29, 0.717) is 24.0 Å². The molecule has 0 aliphatic rings. The van der Waals surface area contributed by atoms with E-state index in [-0.39, 0.29) is 0 Å². The highest BCUT2D eigenvalue weighted by molar-refractivity contribution is 8.03. The molecular formula is C24H35N5S. The molecule has 2 N–H and O–H groups in total. The highest BCUT2D eigenvalue weighted by Gasteiger charge is 2.03. The van der Waals surface area contributed by atoms with Gasteiger partial charge < -0.3 is 10.6 Å². The topological polar surface area (TPSA) is 62.2 Å². The first kappa shape index (κ1) is 25.4. The third-order valence-corrected chi connectivity index (χ3v) is 5.05. The fraction of sp³-hybridized carbons (Fsp3) is 0.375. The van der Waals surface area contributed by atoms with Crippen molar-refractivity contribution in [3.63, 3.8) is 0 Å². The molecule has 0 aromatic carbocycles. The second-order valence-corrected chi connectivity index (χ2v) is 8.36. The molecule has 1 aromatic heterocycles. The van der Waals surface area contributed by atoms with Gasteiger partial charge in [0.25, 0.3) is 0 Å². The Labute approximate surface area is 186 Å². The van der Waals surface area contributed by atoms with E-state index in [4.69, 9.17) is 0 Å². The molecule has 1 atom stereocenters. The molecule has 0 aliphatic carbocycles. The zero-order chi connectivity index (χ0) is 22.4. The van der Waals surface area contributed by atoms with Crippen LogP contribution in [0.1, 0.15) is 45.1 Å². The number of rotatable bonds is 14. The number of hydrogen-bond acceptors (Lipinski definition) is 6. The lowest BCUT2D eigenvalue weighted by atomic mass is 10.1. The minimum absolute atomic E-state index is 0.437. The summed E-state index contributed by atoms with van der Waals surface area (Å²) in [5, 5.41) is 6.41. The van der Waals surface area contributed by atoms with Gasteiger partial charge in [-0.15, -0.1) is 11.8 Å². The minimum Gasteiger partial charge on any atom is -0.387 e. The number of thioether (sulfide) groups is 1. The molecule has 0 saturated carbocycles. The monoisotopic (exact) mass is 425 g/mol. The van der Waals surface area contributed by atoms with E-state index in [1.807, 2.05) is 33.0 Å². The van der Waals surface area contributed by atoms with Gasteiger partial charge in [0.05, 0.1) is 29.8 Å². The molecule has 0 radical (unpaired) electrons. The molecule has 1 aromatic rings. The average Bonchev–Trinajstić information content (AvgIpc) is 2.71. The standard InChI is InChI=1S/C24H35N5S/c1-8-23(25-7)21(6)28-17-24-26-13-12-22(29-24)16-27-20(5)15-19(4)11-9-10-14-30-18(2)3/h8-9,11-13,17,19,25,27H,2,5-6,10,14-16H2,1,3-4,7H3/b11-9+,23-8-,28-17?. The fourth-order valence-corrected chi connectivity index (χ4v) is 3.21. The molecule has 0 aliphatic heterocycles. The summed E-state index contributed by atoms with van der Waals surface area (Å²) in [5.41, 5.74) is 3.40. The van der Waals surface area contributed by atoms with Crippen LogP contribution in [0.2, 0.25) is 0 Å². The Bertz CT molecular complexity index is 808. The first-order valence-corrected chi connectivity index (χ1v) is 11.1. The molecule has 0 amide bonds. The molecule has 0 bridgehead atoms. The number of hydrogen-bond donors (Lipinski definition) is 2. The number of allylic oxidation sites excluding steroid dienone is 5. The highest BCUT2D eigenvalue weighted by atomic mass is 32.2. The van der Waals surface area contributed by atoms with E-state index in [9.17, 15) is 0 Å². The zero-order valence-electron chi connectivity index (χ0n) is 18.7. The van der Waals surface area contributed by atoms with Crippen molar-refractivity contribution in [2.75, 3.05) is 12.8 Å². The van der Waals surface area contributed by atoms with Crippen molar-refractivity contribution in [1.29, 1.82) is 0 Å². The van der Waals surface area contributed by atoms with Gasteiger partial charge in [0.15, 0.2) is 5.82 Å². The molecule has 162 valence electrons. The van der Waals surface area contributed by atoms with Crippen LogP contribution in [0.15, 0.2) is 77.2 Å². The lowest BCUT2D eigenvalue weighted by molar-refractivity contribution is 0.647. The van der Waals surface area contributed by atoms with Crippen LogP contribution in [-0.4, -0.2) is 29.0 Å². The molecule has 1 heterocycles. The van der Waals surface area contributed by atoms with Crippen LogP contribution in [0.3, 0.4) is 0 Å². The zero-order valence-corrected chi connectivity index (χ0v) is 19.6. The van der Waals surface area contributed by atoms with Crippen molar-refractivity contribution >= 4 is 18.0 Å². The fourth-order valence-electron chi connectivity index (χ4n) is 2.61. The maximum atomic E-state index is 4.52. The molecule has 6 heteroatoms. The Hall–Kier alpha value is -2.60. The van der Waals surface area contributed by atoms with Crippen molar-refractivity contribution in [1.82, 2.24) is 20.6 Å². The molecule has 0 saturated heterocycles. The van der Waals surface area contributed by atoms with E-state index in [1.165, 1.54) is 4.91 Å². The first-order chi connectivity index (χ1) is 14.3. The summed E-state index contributed by atoms with van der Waals surface area (Å²) in [6, 6.07) is 1.89. The van der Waals surface area contributed by atoms with Crippen molar-refractivity contribution in [3.8, 4) is 0 Å². The molecule has 1 rings (SSSR count). The molecule has 5 nitrogen and oxygen atoms in total. The Morgan fingerprint density at radius 2 is 2.10 bits per heavy atom. The molecule has 0 spiro atoms. The van der Waals surface area contributed by atoms with Gasteiger partial charge in [0, 0.05) is 24.7 Å². The third kappa shape index (κ3) is 10.8. The van der Waals surface area contributed by atoms with Gasteiger partial charge in [0.1, 0.15) is 0 Å². The number of nitrogens with one attached hydrogen (secondary N) is 2. The van der Waals surface area contributed by atoms with E-state index in [0.717, 1.165) is 35.7 Å². The normalized spacial score (nSPS) is 12.9. The summed E-state index contributed by atoms with van der Waals surface area (Å²) in [7, 11) is 1.84. The SMILES string of the molecule is C=C(CC(C)/C=C/CCSC(=C)C)NCc1ccnc(C=NC(=C)/C(=C/C)NC)n1. The van der Waals surface area contributed by atoms with Crippen LogP contribution in [-0.2, 0) is 6.54 Å². The van der Waals surface area contributed by atoms with Crippen LogP contribution >= 0.6 is 11.8 Å². The van der Waals surface area contributed by atoms with Crippen LogP contribution in [0.25, 0.3) is 0 Å². The summed E-state index contributed by atoms with van der Waals surface area (Å²) in [6.07, 6.45) is 11.7. The van der Waals surface area contributed by atoms with Gasteiger partial charge in [0.2, 0.25) is 0 Å². The van der Waals surface area contributed by atoms with E-state index in [2.05, 4.69) is 64.4 Å². The van der Waals surface area contributed by atoms with Crippen molar-refractivity contribution in [2.45, 2.75) is 40.2 Å². The average molecular weight is 426 g/mol. The largest absolute Gasteiger partial charge is 0.387 e. The molecule has 1 unspecified atom stereocenters. The van der Waals surface area contributed by atoms with Gasteiger partial charge in [-0.25, -0.2) is 9.97 Å². The van der Waals surface area contributed by atoms with E-state index >= 15 is 0 Å². The third-order valence-electron chi connectivity index (χ3n) is 4.12. The summed E-state index contributed by atoms with van der Waals surface area (Å²) in [4.78, 5) is 14.3. The Kier molecular flexibility index (Phi) is 12.2. The predicted octanol–water partition coefficient (Wildman–Crippen LogP) is 5.38. The van der Waals surface area contributed by atoms with E-state index in [1.54, 1.807) is 24.2 Å². The number of aliphatic imine (C=N–C) groups is 1. The summed E-state index contributed by atoms with van der Waals surface area (Å²) >= 11 is 1.80. The van der Waals surface area contributed by atoms with Gasteiger partial charge in [-0.3, -0.25) is 4.99 Å². The summed E-state index contributed by atoms with van der Waals surface area (Å²) in [5.74, 6) is 2.07. The second kappa shape index (κ2) is 14.4. The van der Waals surface area contributed by atoms with Gasteiger partial charge in [-0.05, 0) is 43.6 Å². The van der Waals surface area contributed by atoms with Crippen LogP contribution in [0.5, 0.6) is 0 Å². The van der Waals surface area contributed by atoms with Crippen molar-refractivity contribution in [3.05, 3.63) is 83.7 Å². The molecule has 0 fully saturated rings. The smallest absolute Gasteiger partial charge is 0.170 e. The van der Waals surface area contributed by atoms with Gasteiger partial charge in [-0.1, -0.05) is 44.9 Å². The number of likely N-dealkylation sites (N-methyl/N-ethyl adjacent to an activating group) is 1. The number of aromatic nitrogens is 2. The minimum atomic E-state index is 0.437. The lowest BCUT2D eigenvalue weighted by Crippen LogP contribution is -2.15. The van der Waals surface area contributed by atoms with E-state index < -0.39 is 0 Å². The Balaban J connectivity index is 2.48. The molecule has 30 heavy (non-hydrogen) atoms. The first-order valence-electron chi connectivity index (χ1n) is 10.1. The van der Waals surface area contributed by atoms with Crippen molar-refractivity contribution < 1.29 is 0 Å².